The van der Waals surface area contributed by atoms with Gasteiger partial charge in [-0.3, -0.25) is 4.79 Å². The molecule has 0 saturated carbocycles. The number of carbonyl (C=O) groups is 1. The van der Waals surface area contributed by atoms with E-state index in [4.69, 9.17) is 24.3 Å². The summed E-state index contributed by atoms with van der Waals surface area (Å²) in [6.07, 6.45) is 8.11. The number of halogens is 2. The summed E-state index contributed by atoms with van der Waals surface area (Å²) in [4.78, 5) is 17.3. The van der Waals surface area contributed by atoms with Crippen LogP contribution < -0.4 is 4.74 Å². The van der Waals surface area contributed by atoms with Crippen LogP contribution in [0, 0.1) is 5.82 Å². The molecular weight excluding hydrogens is 995 g/mol. The molecule has 0 bridgehead atoms. The number of aryl methyl sites for hydroxylation is 2. The van der Waals surface area contributed by atoms with E-state index >= 15 is 8.78 Å². The van der Waals surface area contributed by atoms with Gasteiger partial charge in [0.15, 0.2) is 21.5 Å². The standard InChI is InChI=1S/C53H66F2N6O9S2Si/c1-10-69-48(63)20-15-37-13-11-14-40(29-37)52(4,23-12-27-71(64,65)51(2,3)41-33-56-60(34-41)36-68-26-28-73(7,8)9)50-57-49(59(6)58-50)44-32-43(16-18-45(44)54)70-42-17-19-46-39(31-42)22-25-61(46)72(66,67)53(5)24-21-38(35-62)30-47(53)55/h11,13-14,16-19,21-22,25,29-34,62H,10,12,15,20,23-24,26-28,35-36H2,1-9H3. The molecule has 1 aliphatic rings. The lowest BCUT2D eigenvalue weighted by Gasteiger charge is -2.30. The molecule has 1 aliphatic carbocycles. The lowest BCUT2D eigenvalue weighted by Crippen LogP contribution is -2.41. The number of hydrogen-bond acceptors (Lipinski definition) is 12. The van der Waals surface area contributed by atoms with Gasteiger partial charge in [0, 0.05) is 51.5 Å². The number of ether oxygens (including phenoxy) is 3. The average Bonchev–Trinajstić information content (AvgIpc) is 4.10. The summed E-state index contributed by atoms with van der Waals surface area (Å²) in [7, 11) is -7.73. The van der Waals surface area contributed by atoms with Crippen LogP contribution >= 0.6 is 0 Å². The zero-order chi connectivity index (χ0) is 53.1. The van der Waals surface area contributed by atoms with Crippen LogP contribution in [0.4, 0.5) is 8.78 Å². The third kappa shape index (κ3) is 11.8. The van der Waals surface area contributed by atoms with E-state index < -0.39 is 61.1 Å². The summed E-state index contributed by atoms with van der Waals surface area (Å²) in [5, 5.41) is 19.2. The first-order chi connectivity index (χ1) is 34.3. The Balaban J connectivity index is 1.14. The summed E-state index contributed by atoms with van der Waals surface area (Å²) in [5.41, 5.74) is 1.83. The molecule has 73 heavy (non-hydrogen) atoms. The predicted molar refractivity (Wildman–Crippen MR) is 280 cm³/mol. The number of carbonyl (C=O) groups excluding carboxylic acids is 1. The highest BCUT2D eigenvalue weighted by Crippen LogP contribution is 2.41. The van der Waals surface area contributed by atoms with Crippen LogP contribution in [0.3, 0.4) is 0 Å². The van der Waals surface area contributed by atoms with Gasteiger partial charge >= 0.3 is 5.97 Å². The van der Waals surface area contributed by atoms with Crippen LogP contribution in [0.2, 0.25) is 25.7 Å². The quantitative estimate of drug-likeness (QED) is 0.0364. The van der Waals surface area contributed by atoms with Crippen molar-refractivity contribution in [2.24, 2.45) is 7.05 Å². The van der Waals surface area contributed by atoms with E-state index in [0.717, 1.165) is 27.2 Å². The Morgan fingerprint density at radius 2 is 1.71 bits per heavy atom. The molecule has 0 fully saturated rings. The van der Waals surface area contributed by atoms with Gasteiger partial charge in [-0.25, -0.2) is 43.9 Å². The van der Waals surface area contributed by atoms with Crippen LogP contribution in [0.5, 0.6) is 11.5 Å². The third-order valence-electron chi connectivity index (χ3n) is 13.8. The van der Waals surface area contributed by atoms with Crippen LogP contribution in [0.1, 0.15) is 82.8 Å². The van der Waals surface area contributed by atoms with E-state index in [1.807, 2.05) is 31.2 Å². The van der Waals surface area contributed by atoms with Gasteiger partial charge in [-0.1, -0.05) is 50.0 Å². The van der Waals surface area contributed by atoms with Crippen molar-refractivity contribution in [2.75, 3.05) is 25.6 Å². The zero-order valence-electron chi connectivity index (χ0n) is 43.0. The lowest BCUT2D eigenvalue weighted by atomic mass is 9.77. The normalized spacial score (nSPS) is 16.5. The summed E-state index contributed by atoms with van der Waals surface area (Å²) >= 11 is 0. The fourth-order valence-corrected chi connectivity index (χ4v) is 12.7. The first-order valence-electron chi connectivity index (χ1n) is 24.3. The molecule has 0 amide bonds. The monoisotopic (exact) mass is 1060 g/mol. The number of aromatic nitrogens is 6. The predicted octanol–water partition coefficient (Wildman–Crippen LogP) is 9.92. The Hall–Kier alpha value is -5.80. The average molecular weight is 1060 g/mol. The molecule has 3 heterocycles. The second kappa shape index (κ2) is 21.6. The van der Waals surface area contributed by atoms with Gasteiger partial charge in [-0.05, 0) is 132 Å². The highest BCUT2D eigenvalue weighted by molar-refractivity contribution is 7.92. The van der Waals surface area contributed by atoms with E-state index in [0.29, 0.717) is 46.6 Å². The Morgan fingerprint density at radius 1 is 0.973 bits per heavy atom. The highest BCUT2D eigenvalue weighted by Gasteiger charge is 2.46. The van der Waals surface area contributed by atoms with Gasteiger partial charge in [0.25, 0.3) is 10.0 Å². The minimum Gasteiger partial charge on any atom is -0.466 e. The van der Waals surface area contributed by atoms with Crippen LogP contribution in [0.15, 0.2) is 109 Å². The number of esters is 1. The van der Waals surface area contributed by atoms with Crippen molar-refractivity contribution in [3.05, 3.63) is 137 Å². The van der Waals surface area contributed by atoms with E-state index in [9.17, 15) is 26.7 Å². The maximum absolute atomic E-state index is 16.0. The fourth-order valence-electron chi connectivity index (χ4n) is 8.72. The van der Waals surface area contributed by atoms with Crippen LogP contribution in [0.25, 0.3) is 22.3 Å². The maximum Gasteiger partial charge on any atom is 0.306 e. The van der Waals surface area contributed by atoms with Crippen molar-refractivity contribution >= 4 is 44.8 Å². The van der Waals surface area contributed by atoms with E-state index in [1.54, 1.807) is 69.2 Å². The topological polar surface area (TPSA) is 187 Å². The Kier molecular flexibility index (Phi) is 16.2. The minimum atomic E-state index is -4.31. The Morgan fingerprint density at radius 3 is 2.42 bits per heavy atom. The number of hydrogen-bond donors (Lipinski definition) is 1. The molecule has 20 heteroatoms. The molecule has 0 spiro atoms. The Labute approximate surface area is 427 Å². The second-order valence-corrected chi connectivity index (χ2v) is 31.2. The molecule has 15 nitrogen and oxygen atoms in total. The van der Waals surface area contributed by atoms with Gasteiger partial charge in [0.05, 0.1) is 46.4 Å². The number of sulfone groups is 1. The smallest absolute Gasteiger partial charge is 0.306 e. The fraction of sp³-hybridized carbons (Fsp3) is 0.434. The second-order valence-electron chi connectivity index (χ2n) is 20.7. The molecule has 7 rings (SSSR count). The largest absolute Gasteiger partial charge is 0.466 e. The summed E-state index contributed by atoms with van der Waals surface area (Å²) in [6, 6.07) is 19.1. The van der Waals surface area contributed by atoms with Crippen molar-refractivity contribution in [1.82, 2.24) is 28.5 Å². The number of rotatable bonds is 23. The van der Waals surface area contributed by atoms with E-state index in [2.05, 4.69) is 24.7 Å². The number of nitrogens with zero attached hydrogens (tertiary/aromatic N) is 6. The van der Waals surface area contributed by atoms with Crippen molar-refractivity contribution in [1.29, 1.82) is 0 Å². The maximum atomic E-state index is 16.0. The first kappa shape index (κ1) is 55.0. The van der Waals surface area contributed by atoms with Gasteiger partial charge in [0.1, 0.15) is 34.6 Å². The van der Waals surface area contributed by atoms with Crippen molar-refractivity contribution < 1.29 is 49.7 Å². The number of allylic oxidation sites excluding steroid dienone is 1. The number of benzene rings is 3. The molecule has 3 aromatic heterocycles. The van der Waals surface area contributed by atoms with Crippen molar-refractivity contribution in [2.45, 2.75) is 114 Å². The highest BCUT2D eigenvalue weighted by atomic mass is 32.2. The van der Waals surface area contributed by atoms with Gasteiger partial charge in [0.2, 0.25) is 0 Å². The molecule has 2 atom stereocenters. The zero-order valence-corrected chi connectivity index (χ0v) is 45.6. The molecule has 0 radical (unpaired) electrons. The van der Waals surface area contributed by atoms with E-state index in [-0.39, 0.29) is 67.9 Å². The number of aliphatic hydroxyl groups is 1. The van der Waals surface area contributed by atoms with Gasteiger partial charge in [-0.2, -0.15) is 10.2 Å². The summed E-state index contributed by atoms with van der Waals surface area (Å²) in [6.45, 7) is 15.8. The molecular formula is C53H66F2N6O9S2Si. The molecule has 0 aliphatic heterocycles. The minimum absolute atomic E-state index is 0.0724. The molecule has 6 aromatic rings. The molecule has 0 saturated heterocycles. The molecule has 392 valence electrons. The molecule has 1 N–H and O–H groups in total. The SMILES string of the molecule is CCOC(=O)CCc1cccc(C(C)(CCCS(=O)(=O)C(C)(C)c2cnn(COCC[Si](C)(C)C)c2)c2nc(-c3cc(Oc4ccc5c(ccn5S(=O)(=O)C5(C)CC=C(CO)C=C5F)c4)ccc3F)n(C)n2)c1. The number of aliphatic hydroxyl groups excluding tert-OH is 1. The molecule has 2 unspecified atom stereocenters. The lowest BCUT2D eigenvalue weighted by molar-refractivity contribution is -0.143. The summed E-state index contributed by atoms with van der Waals surface area (Å²) in [5.74, 6) is -0.927. The van der Waals surface area contributed by atoms with Crippen molar-refractivity contribution in [3.63, 3.8) is 0 Å². The Bertz CT molecular complexity index is 3290. The summed E-state index contributed by atoms with van der Waals surface area (Å²) < 4.78 is 106. The van der Waals surface area contributed by atoms with Gasteiger partial charge in [-0.15, -0.1) is 0 Å². The molecule has 3 aromatic carbocycles. The number of fused-ring (bicyclic) bond motifs is 1. The van der Waals surface area contributed by atoms with Crippen LogP contribution in [-0.4, -0.2) is 94.8 Å². The third-order valence-corrected chi connectivity index (χ3v) is 20.4. The van der Waals surface area contributed by atoms with Crippen LogP contribution in [-0.2, 0) is 64.5 Å². The van der Waals surface area contributed by atoms with Gasteiger partial charge < -0.3 is 19.3 Å². The van der Waals surface area contributed by atoms with E-state index in [1.165, 1.54) is 42.1 Å². The van der Waals surface area contributed by atoms with Crippen molar-refractivity contribution in [3.8, 4) is 22.9 Å². The first-order valence-corrected chi connectivity index (χ1v) is 31.1.